The van der Waals surface area contributed by atoms with Gasteiger partial charge in [-0.15, -0.1) is 0 Å². The zero-order valence-electron chi connectivity index (χ0n) is 11.6. The molecule has 0 unspecified atom stereocenters. The third-order valence-corrected chi connectivity index (χ3v) is 6.83. The zero-order chi connectivity index (χ0) is 13.1. The van der Waals surface area contributed by atoms with Gasteiger partial charge in [-0.1, -0.05) is 0 Å². The Morgan fingerprint density at radius 1 is 1.00 bits per heavy atom. The molecular formula is C12H23N3OP+. The molecule has 0 aliphatic heterocycles. The Hall–Kier alpha value is -0.670. The van der Waals surface area contributed by atoms with Crippen LogP contribution in [0.4, 0.5) is 0 Å². The molecule has 0 spiro atoms. The summed E-state index contributed by atoms with van der Waals surface area (Å²) in [5, 5.41) is 0. The highest BCUT2D eigenvalue weighted by Crippen LogP contribution is 2.65. The normalized spacial score (nSPS) is 13.5. The van der Waals surface area contributed by atoms with Crippen LogP contribution >= 0.6 is 7.71 Å². The molecule has 0 fully saturated rings. The zero-order valence-corrected chi connectivity index (χ0v) is 12.5. The standard InChI is InChI=1S/C12H23N3OP/c1-13(2)17(14(3)4,15(5)6)11-9-12-8-7-10-16-12/h7-11H,1-6H3/q+1/b11-9+. The third-order valence-electron chi connectivity index (χ3n) is 2.75. The van der Waals surface area contributed by atoms with Crippen molar-refractivity contribution >= 4 is 13.8 Å². The molecular weight excluding hydrogens is 233 g/mol. The van der Waals surface area contributed by atoms with Crippen molar-refractivity contribution in [2.24, 2.45) is 0 Å². The largest absolute Gasteiger partial charge is 0.465 e. The summed E-state index contributed by atoms with van der Waals surface area (Å²) in [5.74, 6) is 3.13. The molecule has 17 heavy (non-hydrogen) atoms. The van der Waals surface area contributed by atoms with Gasteiger partial charge in [0.2, 0.25) is 0 Å². The minimum absolute atomic E-state index is 0.889. The highest BCUT2D eigenvalue weighted by atomic mass is 31.2. The summed E-state index contributed by atoms with van der Waals surface area (Å²) in [6, 6.07) is 3.87. The molecule has 0 amide bonds. The van der Waals surface area contributed by atoms with Gasteiger partial charge in [-0.05, 0) is 12.1 Å². The fourth-order valence-corrected chi connectivity index (χ4v) is 5.33. The Balaban J connectivity index is 3.06. The molecule has 0 bridgehead atoms. The first-order valence-electron chi connectivity index (χ1n) is 5.56. The van der Waals surface area contributed by atoms with Crippen LogP contribution in [0.5, 0.6) is 0 Å². The maximum Gasteiger partial charge on any atom is 0.253 e. The van der Waals surface area contributed by atoms with Crippen molar-refractivity contribution in [3.05, 3.63) is 30.0 Å². The van der Waals surface area contributed by atoms with Crippen LogP contribution in [-0.2, 0) is 0 Å². The Bertz CT molecular complexity index is 336. The molecule has 0 N–H and O–H groups in total. The molecule has 1 aromatic heterocycles. The molecule has 0 aliphatic rings. The molecule has 1 aromatic rings. The number of rotatable bonds is 5. The van der Waals surface area contributed by atoms with E-state index in [0.29, 0.717) is 0 Å². The summed E-state index contributed by atoms with van der Waals surface area (Å²) >= 11 is 0. The van der Waals surface area contributed by atoms with Gasteiger partial charge in [-0.2, -0.15) is 14.0 Å². The predicted octanol–water partition coefficient (Wildman–Crippen LogP) is 2.70. The van der Waals surface area contributed by atoms with E-state index in [9.17, 15) is 0 Å². The van der Waals surface area contributed by atoms with Gasteiger partial charge in [0.25, 0.3) is 7.71 Å². The van der Waals surface area contributed by atoms with Crippen LogP contribution in [0.25, 0.3) is 6.08 Å². The van der Waals surface area contributed by atoms with Gasteiger partial charge in [-0.3, -0.25) is 0 Å². The molecule has 0 radical (unpaired) electrons. The number of nitrogens with zero attached hydrogens (tertiary/aromatic N) is 3. The fourth-order valence-electron chi connectivity index (χ4n) is 2.03. The summed E-state index contributed by atoms with van der Waals surface area (Å²) in [4.78, 5) is 0. The number of hydrogen-bond acceptors (Lipinski definition) is 4. The number of hydrogen-bond donors (Lipinski definition) is 0. The SMILES string of the molecule is CN(C)[P+](/C=C/c1ccco1)(N(C)C)N(C)C. The van der Waals surface area contributed by atoms with E-state index in [4.69, 9.17) is 4.42 Å². The van der Waals surface area contributed by atoms with Crippen molar-refractivity contribution in [2.45, 2.75) is 0 Å². The lowest BCUT2D eigenvalue weighted by Crippen LogP contribution is -2.34. The van der Waals surface area contributed by atoms with E-state index in [-0.39, 0.29) is 0 Å². The van der Waals surface area contributed by atoms with Gasteiger partial charge in [0.1, 0.15) is 11.6 Å². The van der Waals surface area contributed by atoms with E-state index in [1.165, 1.54) is 0 Å². The minimum Gasteiger partial charge on any atom is -0.465 e. The first-order valence-corrected chi connectivity index (χ1v) is 7.28. The monoisotopic (exact) mass is 256 g/mol. The molecule has 1 heterocycles. The summed E-state index contributed by atoms with van der Waals surface area (Å²) < 4.78 is 12.2. The Morgan fingerprint density at radius 3 is 1.88 bits per heavy atom. The van der Waals surface area contributed by atoms with E-state index in [1.807, 2.05) is 18.2 Å². The molecule has 0 saturated heterocycles. The van der Waals surface area contributed by atoms with E-state index in [1.54, 1.807) is 6.26 Å². The van der Waals surface area contributed by atoms with Gasteiger partial charge < -0.3 is 4.42 Å². The van der Waals surface area contributed by atoms with Crippen molar-refractivity contribution in [1.29, 1.82) is 0 Å². The van der Waals surface area contributed by atoms with Gasteiger partial charge in [0.15, 0.2) is 0 Å². The van der Waals surface area contributed by atoms with Crippen LogP contribution in [0, 0.1) is 0 Å². The van der Waals surface area contributed by atoms with Crippen molar-refractivity contribution in [1.82, 2.24) is 14.0 Å². The number of furan rings is 1. The van der Waals surface area contributed by atoms with E-state index < -0.39 is 7.71 Å². The van der Waals surface area contributed by atoms with Gasteiger partial charge >= 0.3 is 0 Å². The molecule has 0 aromatic carbocycles. The summed E-state index contributed by atoms with van der Waals surface area (Å²) in [5.41, 5.74) is 0. The fraction of sp³-hybridized carbons (Fsp3) is 0.500. The van der Waals surface area contributed by atoms with Crippen LogP contribution in [0.15, 0.2) is 28.6 Å². The van der Waals surface area contributed by atoms with Crippen molar-refractivity contribution in [3.63, 3.8) is 0 Å². The van der Waals surface area contributed by atoms with E-state index in [2.05, 4.69) is 62.1 Å². The van der Waals surface area contributed by atoms with Gasteiger partial charge in [0.05, 0.1) is 6.26 Å². The second-order valence-corrected chi connectivity index (χ2v) is 8.42. The maximum absolute atomic E-state index is 5.34. The predicted molar refractivity (Wildman–Crippen MR) is 75.7 cm³/mol. The maximum atomic E-state index is 5.34. The van der Waals surface area contributed by atoms with Crippen molar-refractivity contribution in [3.8, 4) is 0 Å². The average molecular weight is 256 g/mol. The first-order chi connectivity index (χ1) is 7.91. The highest BCUT2D eigenvalue weighted by molar-refractivity contribution is 7.72. The Morgan fingerprint density at radius 2 is 1.53 bits per heavy atom. The van der Waals surface area contributed by atoms with Crippen LogP contribution in [0.3, 0.4) is 0 Å². The Kier molecular flexibility index (Phi) is 4.90. The summed E-state index contributed by atoms with van der Waals surface area (Å²) in [6.07, 6.45) is 3.74. The van der Waals surface area contributed by atoms with Crippen molar-refractivity contribution in [2.75, 3.05) is 42.3 Å². The Labute approximate surface area is 105 Å². The first kappa shape index (κ1) is 14.4. The lowest BCUT2D eigenvalue weighted by atomic mass is 10.5. The lowest BCUT2D eigenvalue weighted by molar-refractivity contribution is 0.472. The molecule has 1 rings (SSSR count). The van der Waals surface area contributed by atoms with E-state index >= 15 is 0 Å². The lowest BCUT2D eigenvalue weighted by Gasteiger charge is -2.37. The highest BCUT2D eigenvalue weighted by Gasteiger charge is 2.45. The molecule has 96 valence electrons. The van der Waals surface area contributed by atoms with Gasteiger partial charge in [0, 0.05) is 48.4 Å². The van der Waals surface area contributed by atoms with Crippen molar-refractivity contribution < 1.29 is 4.42 Å². The summed E-state index contributed by atoms with van der Waals surface area (Å²) in [7, 11) is 11.1. The van der Waals surface area contributed by atoms with Gasteiger partial charge in [-0.25, -0.2) is 0 Å². The van der Waals surface area contributed by atoms with Crippen LogP contribution < -0.4 is 0 Å². The third kappa shape index (κ3) is 2.96. The van der Waals surface area contributed by atoms with Crippen LogP contribution in [-0.4, -0.2) is 56.3 Å². The second-order valence-electron chi connectivity index (χ2n) is 4.49. The second kappa shape index (κ2) is 5.78. The quantitative estimate of drug-likeness (QED) is 0.755. The molecule has 0 atom stereocenters. The summed E-state index contributed by atoms with van der Waals surface area (Å²) in [6.45, 7) is 0. The van der Waals surface area contributed by atoms with Crippen LogP contribution in [0.2, 0.25) is 0 Å². The molecule has 5 heteroatoms. The molecule has 0 aliphatic carbocycles. The smallest absolute Gasteiger partial charge is 0.253 e. The van der Waals surface area contributed by atoms with Crippen LogP contribution in [0.1, 0.15) is 5.76 Å². The molecule has 0 saturated carbocycles. The average Bonchev–Trinajstić information content (AvgIpc) is 2.69. The molecule has 4 nitrogen and oxygen atoms in total. The van der Waals surface area contributed by atoms with E-state index in [0.717, 1.165) is 5.76 Å². The minimum atomic E-state index is -1.59. The topological polar surface area (TPSA) is 22.9 Å².